The lowest BCUT2D eigenvalue weighted by molar-refractivity contribution is -0.119. The summed E-state index contributed by atoms with van der Waals surface area (Å²) >= 11 is 0. The number of rotatable bonds is 2. The van der Waals surface area contributed by atoms with E-state index in [1.165, 1.54) is 0 Å². The summed E-state index contributed by atoms with van der Waals surface area (Å²) in [7, 11) is 1.60. The maximum Gasteiger partial charge on any atom is 0.223 e. The number of amides is 1. The minimum atomic E-state index is -0.633. The number of hydrogen-bond donors (Lipinski definition) is 2. The van der Waals surface area contributed by atoms with Crippen molar-refractivity contribution in [2.75, 3.05) is 7.11 Å². The Hall–Kier alpha value is -1.55. The van der Waals surface area contributed by atoms with E-state index in [1.54, 1.807) is 7.11 Å². The molecular weight excluding hydrogens is 194 g/mol. The fraction of sp³-hybridized carbons (Fsp3) is 0.364. The third-order valence-corrected chi connectivity index (χ3v) is 2.57. The first-order valence-corrected chi connectivity index (χ1v) is 4.82. The molecule has 0 aromatic heterocycles. The average molecular weight is 207 g/mol. The second-order valence-corrected chi connectivity index (χ2v) is 3.59. The second kappa shape index (κ2) is 3.90. The molecule has 0 bridgehead atoms. The van der Waals surface area contributed by atoms with Crippen molar-refractivity contribution in [3.05, 3.63) is 29.8 Å². The van der Waals surface area contributed by atoms with Crippen LogP contribution >= 0.6 is 0 Å². The Morgan fingerprint density at radius 3 is 2.53 bits per heavy atom. The van der Waals surface area contributed by atoms with E-state index in [0.717, 1.165) is 11.3 Å². The van der Waals surface area contributed by atoms with Gasteiger partial charge in [-0.15, -0.1) is 0 Å². The summed E-state index contributed by atoms with van der Waals surface area (Å²) in [5.41, 5.74) is 0.897. The van der Waals surface area contributed by atoms with Gasteiger partial charge in [-0.1, -0.05) is 12.1 Å². The molecule has 1 saturated heterocycles. The summed E-state index contributed by atoms with van der Waals surface area (Å²) in [6, 6.07) is 7.03. The van der Waals surface area contributed by atoms with E-state index in [1.807, 2.05) is 24.3 Å². The van der Waals surface area contributed by atoms with Gasteiger partial charge in [-0.3, -0.25) is 4.79 Å². The lowest BCUT2D eigenvalue weighted by Gasteiger charge is -2.14. The van der Waals surface area contributed by atoms with Crippen molar-refractivity contribution in [2.24, 2.45) is 0 Å². The highest BCUT2D eigenvalue weighted by Gasteiger charge is 2.31. The SMILES string of the molecule is COc1ccc([C@H]2NC(=O)C[C@H]2O)cc1. The number of hydrogen-bond acceptors (Lipinski definition) is 3. The van der Waals surface area contributed by atoms with Gasteiger partial charge in [0.25, 0.3) is 0 Å². The van der Waals surface area contributed by atoms with Gasteiger partial charge in [0.1, 0.15) is 5.75 Å². The first kappa shape index (κ1) is 9.98. The van der Waals surface area contributed by atoms with E-state index >= 15 is 0 Å². The molecule has 1 aromatic rings. The van der Waals surface area contributed by atoms with Gasteiger partial charge in [0.15, 0.2) is 0 Å². The van der Waals surface area contributed by atoms with E-state index in [0.29, 0.717) is 0 Å². The molecule has 4 nitrogen and oxygen atoms in total. The molecule has 80 valence electrons. The van der Waals surface area contributed by atoms with Gasteiger partial charge >= 0.3 is 0 Å². The zero-order chi connectivity index (χ0) is 10.8. The van der Waals surface area contributed by atoms with Crippen LogP contribution in [-0.2, 0) is 4.79 Å². The molecule has 15 heavy (non-hydrogen) atoms. The minimum Gasteiger partial charge on any atom is -0.497 e. The van der Waals surface area contributed by atoms with Gasteiger partial charge in [0.05, 0.1) is 25.7 Å². The molecule has 1 aliphatic heterocycles. The molecule has 2 rings (SSSR count). The highest BCUT2D eigenvalue weighted by Crippen LogP contribution is 2.25. The molecule has 1 aliphatic rings. The molecule has 0 radical (unpaired) electrons. The molecule has 4 heteroatoms. The predicted octanol–water partition coefficient (Wildman–Crippen LogP) is 0.617. The number of benzene rings is 1. The van der Waals surface area contributed by atoms with Crippen molar-refractivity contribution in [3.8, 4) is 5.75 Å². The van der Waals surface area contributed by atoms with Gasteiger partial charge in [-0.25, -0.2) is 0 Å². The van der Waals surface area contributed by atoms with Crippen LogP contribution in [0.1, 0.15) is 18.0 Å². The third kappa shape index (κ3) is 1.94. The molecule has 1 aromatic carbocycles. The molecule has 0 saturated carbocycles. The van der Waals surface area contributed by atoms with Crippen LogP contribution in [0.5, 0.6) is 5.75 Å². The monoisotopic (exact) mass is 207 g/mol. The zero-order valence-electron chi connectivity index (χ0n) is 8.43. The number of methoxy groups -OCH3 is 1. The van der Waals surface area contributed by atoms with E-state index < -0.39 is 6.10 Å². The predicted molar refractivity (Wildman–Crippen MR) is 54.5 cm³/mol. The smallest absolute Gasteiger partial charge is 0.223 e. The number of ether oxygens (including phenoxy) is 1. The lowest BCUT2D eigenvalue weighted by atomic mass is 10.0. The molecule has 1 fully saturated rings. The molecule has 2 N–H and O–H groups in total. The largest absolute Gasteiger partial charge is 0.497 e. The maximum absolute atomic E-state index is 11.1. The second-order valence-electron chi connectivity index (χ2n) is 3.59. The van der Waals surface area contributed by atoms with Crippen molar-refractivity contribution in [1.82, 2.24) is 5.32 Å². The van der Waals surface area contributed by atoms with Gasteiger partial charge in [0, 0.05) is 0 Å². The van der Waals surface area contributed by atoms with Crippen LogP contribution in [0.2, 0.25) is 0 Å². The molecule has 1 heterocycles. The Morgan fingerprint density at radius 1 is 1.40 bits per heavy atom. The van der Waals surface area contributed by atoms with Gasteiger partial charge in [-0.05, 0) is 17.7 Å². The third-order valence-electron chi connectivity index (χ3n) is 2.57. The number of carbonyl (C=O) groups is 1. The van der Waals surface area contributed by atoms with Crippen LogP contribution in [-0.4, -0.2) is 24.2 Å². The Morgan fingerprint density at radius 2 is 2.07 bits per heavy atom. The summed E-state index contributed by atoms with van der Waals surface area (Å²) in [6.07, 6.45) is -0.456. The van der Waals surface area contributed by atoms with Gasteiger partial charge in [-0.2, -0.15) is 0 Å². The summed E-state index contributed by atoms with van der Waals surface area (Å²) in [6.45, 7) is 0. The molecule has 0 spiro atoms. The van der Waals surface area contributed by atoms with E-state index in [-0.39, 0.29) is 18.4 Å². The summed E-state index contributed by atoms with van der Waals surface area (Å²) < 4.78 is 5.03. The van der Waals surface area contributed by atoms with Crippen molar-refractivity contribution >= 4 is 5.91 Å². The fourth-order valence-corrected chi connectivity index (χ4v) is 1.75. The Bertz CT molecular complexity index is 361. The van der Waals surface area contributed by atoms with Gasteiger partial charge in [0.2, 0.25) is 5.91 Å². The summed E-state index contributed by atoms with van der Waals surface area (Å²) in [5, 5.41) is 12.4. The highest BCUT2D eigenvalue weighted by molar-refractivity contribution is 5.79. The van der Waals surface area contributed by atoms with Crippen LogP contribution in [0, 0.1) is 0 Å². The number of nitrogens with one attached hydrogen (secondary N) is 1. The van der Waals surface area contributed by atoms with E-state index in [9.17, 15) is 9.90 Å². The van der Waals surface area contributed by atoms with Crippen LogP contribution in [0.15, 0.2) is 24.3 Å². The highest BCUT2D eigenvalue weighted by atomic mass is 16.5. The van der Waals surface area contributed by atoms with E-state index in [4.69, 9.17) is 4.74 Å². The minimum absolute atomic E-state index is 0.108. The summed E-state index contributed by atoms with van der Waals surface area (Å²) in [4.78, 5) is 11.1. The molecular formula is C11H13NO3. The first-order chi connectivity index (χ1) is 7.20. The summed E-state index contributed by atoms with van der Waals surface area (Å²) in [5.74, 6) is 0.654. The van der Waals surface area contributed by atoms with Crippen molar-refractivity contribution < 1.29 is 14.6 Å². The number of aliphatic hydroxyl groups excluding tert-OH is 1. The first-order valence-electron chi connectivity index (χ1n) is 4.82. The van der Waals surface area contributed by atoms with Crippen LogP contribution in [0.3, 0.4) is 0 Å². The van der Waals surface area contributed by atoms with Gasteiger partial charge < -0.3 is 15.2 Å². The Labute approximate surface area is 87.9 Å². The lowest BCUT2D eigenvalue weighted by Crippen LogP contribution is -2.22. The van der Waals surface area contributed by atoms with Crippen molar-refractivity contribution in [1.29, 1.82) is 0 Å². The Kier molecular flexibility index (Phi) is 2.60. The maximum atomic E-state index is 11.1. The quantitative estimate of drug-likeness (QED) is 0.747. The van der Waals surface area contributed by atoms with Crippen molar-refractivity contribution in [2.45, 2.75) is 18.6 Å². The van der Waals surface area contributed by atoms with Crippen LogP contribution in [0.4, 0.5) is 0 Å². The zero-order valence-corrected chi connectivity index (χ0v) is 8.43. The van der Waals surface area contributed by atoms with E-state index in [2.05, 4.69) is 5.32 Å². The van der Waals surface area contributed by atoms with Crippen LogP contribution < -0.4 is 10.1 Å². The Balaban J connectivity index is 2.19. The average Bonchev–Trinajstić information content (AvgIpc) is 2.58. The molecule has 0 unspecified atom stereocenters. The number of aliphatic hydroxyl groups is 1. The van der Waals surface area contributed by atoms with Crippen molar-refractivity contribution in [3.63, 3.8) is 0 Å². The number of carbonyl (C=O) groups excluding carboxylic acids is 1. The topological polar surface area (TPSA) is 58.6 Å². The molecule has 1 amide bonds. The molecule has 2 atom stereocenters. The van der Waals surface area contributed by atoms with Crippen LogP contribution in [0.25, 0.3) is 0 Å². The normalized spacial score (nSPS) is 25.1. The molecule has 0 aliphatic carbocycles. The fourth-order valence-electron chi connectivity index (χ4n) is 1.75. The standard InChI is InChI=1S/C11H13NO3/c1-15-8-4-2-7(3-5-8)11-9(13)6-10(14)12-11/h2-5,9,11,13H,6H2,1H3,(H,12,14)/t9-,11-/m1/s1.